The second-order valence-corrected chi connectivity index (χ2v) is 4.66. The molecule has 1 rings (SSSR count). The number of esters is 1. The van der Waals surface area contributed by atoms with E-state index < -0.39 is 11.4 Å². The normalized spacial score (nSPS) is 22.8. The highest BCUT2D eigenvalue weighted by Gasteiger charge is 2.49. The predicted molar refractivity (Wildman–Crippen MR) is 67.0 cm³/mol. The molecule has 0 aromatic carbocycles. The van der Waals surface area contributed by atoms with E-state index in [0.717, 1.165) is 12.7 Å². The zero-order valence-electron chi connectivity index (χ0n) is 10.7. The second kappa shape index (κ2) is 7.09. The maximum Gasteiger partial charge on any atom is 0.319 e. The summed E-state index contributed by atoms with van der Waals surface area (Å²) in [4.78, 5) is 34.3. The van der Waals surface area contributed by atoms with Crippen LogP contribution in [-0.2, 0) is 19.1 Å². The first-order chi connectivity index (χ1) is 8.67. The van der Waals surface area contributed by atoms with Crippen molar-refractivity contribution in [2.24, 2.45) is 5.41 Å². The molecule has 100 valence electrons. The Morgan fingerprint density at radius 2 is 2.22 bits per heavy atom. The topological polar surface area (TPSA) is 60.4 Å². The fourth-order valence-corrected chi connectivity index (χ4v) is 2.44. The van der Waals surface area contributed by atoms with Crippen molar-refractivity contribution in [1.29, 1.82) is 0 Å². The number of aldehydes is 1. The Balaban J connectivity index is 2.63. The summed E-state index contributed by atoms with van der Waals surface area (Å²) in [7, 11) is 0. The highest BCUT2D eigenvalue weighted by atomic mass is 16.5. The van der Waals surface area contributed by atoms with Gasteiger partial charge >= 0.3 is 5.97 Å². The van der Waals surface area contributed by atoms with Crippen LogP contribution >= 0.6 is 0 Å². The number of ketones is 1. The molecule has 0 amide bonds. The Morgan fingerprint density at radius 3 is 2.78 bits per heavy atom. The van der Waals surface area contributed by atoms with Gasteiger partial charge in [-0.05, 0) is 25.7 Å². The van der Waals surface area contributed by atoms with Crippen LogP contribution < -0.4 is 0 Å². The van der Waals surface area contributed by atoms with Gasteiger partial charge in [-0.15, -0.1) is 0 Å². The average Bonchev–Trinajstić information content (AvgIpc) is 2.74. The van der Waals surface area contributed by atoms with E-state index in [1.165, 1.54) is 6.08 Å². The number of carbonyl (C=O) groups is 3. The maximum absolute atomic E-state index is 12.0. The van der Waals surface area contributed by atoms with Gasteiger partial charge in [0.25, 0.3) is 0 Å². The van der Waals surface area contributed by atoms with Crippen LogP contribution in [0.25, 0.3) is 0 Å². The van der Waals surface area contributed by atoms with Gasteiger partial charge in [-0.3, -0.25) is 9.59 Å². The molecule has 0 aromatic heterocycles. The standard InChI is InChI=1S/C14H20O4/c1-2-11-18-13(17)14(8-4-3-5-10-15)9-6-7-12(14)16/h2,10H,1,3-9,11H2. The maximum atomic E-state index is 12.0. The highest BCUT2D eigenvalue weighted by Crippen LogP contribution is 2.40. The van der Waals surface area contributed by atoms with Crippen LogP contribution in [0.15, 0.2) is 12.7 Å². The van der Waals surface area contributed by atoms with Gasteiger partial charge in [-0.2, -0.15) is 0 Å². The summed E-state index contributed by atoms with van der Waals surface area (Å²) >= 11 is 0. The van der Waals surface area contributed by atoms with Crippen molar-refractivity contribution in [3.8, 4) is 0 Å². The highest BCUT2D eigenvalue weighted by molar-refractivity contribution is 6.05. The molecule has 1 atom stereocenters. The molecule has 0 N–H and O–H groups in total. The summed E-state index contributed by atoms with van der Waals surface area (Å²) in [6.07, 6.45) is 6.52. The number of hydrogen-bond acceptors (Lipinski definition) is 4. The molecule has 1 unspecified atom stereocenters. The average molecular weight is 252 g/mol. The van der Waals surface area contributed by atoms with Gasteiger partial charge in [-0.1, -0.05) is 19.1 Å². The zero-order valence-corrected chi connectivity index (χ0v) is 10.7. The Bertz CT molecular complexity index is 335. The van der Waals surface area contributed by atoms with Gasteiger partial charge in [0, 0.05) is 12.8 Å². The molecule has 1 saturated carbocycles. The van der Waals surface area contributed by atoms with Crippen molar-refractivity contribution in [1.82, 2.24) is 0 Å². The summed E-state index contributed by atoms with van der Waals surface area (Å²) in [5, 5.41) is 0. The van der Waals surface area contributed by atoms with E-state index >= 15 is 0 Å². The summed E-state index contributed by atoms with van der Waals surface area (Å²) in [5.74, 6) is -0.432. The molecule has 1 aliphatic rings. The molecule has 1 aliphatic carbocycles. The van der Waals surface area contributed by atoms with E-state index in [1.54, 1.807) is 0 Å². The summed E-state index contributed by atoms with van der Waals surface area (Å²) in [6.45, 7) is 3.63. The summed E-state index contributed by atoms with van der Waals surface area (Å²) in [6, 6.07) is 0. The smallest absolute Gasteiger partial charge is 0.319 e. The summed E-state index contributed by atoms with van der Waals surface area (Å²) < 4.78 is 5.06. The van der Waals surface area contributed by atoms with Gasteiger partial charge in [0.05, 0.1) is 0 Å². The van der Waals surface area contributed by atoms with Gasteiger partial charge < -0.3 is 9.53 Å². The van der Waals surface area contributed by atoms with Crippen molar-refractivity contribution in [3.63, 3.8) is 0 Å². The van der Waals surface area contributed by atoms with Crippen molar-refractivity contribution >= 4 is 18.0 Å². The molecular formula is C14H20O4. The van der Waals surface area contributed by atoms with Crippen molar-refractivity contribution in [3.05, 3.63) is 12.7 Å². The number of unbranched alkanes of at least 4 members (excludes halogenated alkanes) is 2. The number of ether oxygens (including phenoxy) is 1. The lowest BCUT2D eigenvalue weighted by Gasteiger charge is -2.24. The molecule has 0 radical (unpaired) electrons. The van der Waals surface area contributed by atoms with Gasteiger partial charge in [0.1, 0.15) is 24.1 Å². The van der Waals surface area contributed by atoms with Crippen LogP contribution in [0.3, 0.4) is 0 Å². The van der Waals surface area contributed by atoms with Crippen LogP contribution in [0, 0.1) is 5.41 Å². The monoisotopic (exact) mass is 252 g/mol. The SMILES string of the molecule is C=CCOC(=O)C1(CCCCC=O)CCCC1=O. The molecule has 4 nitrogen and oxygen atoms in total. The quantitative estimate of drug-likeness (QED) is 0.218. The molecule has 4 heteroatoms. The lowest BCUT2D eigenvalue weighted by atomic mass is 9.80. The first-order valence-electron chi connectivity index (χ1n) is 6.42. The first kappa shape index (κ1) is 14.6. The lowest BCUT2D eigenvalue weighted by Crippen LogP contribution is -2.37. The zero-order chi connectivity index (χ0) is 13.4. The molecule has 0 spiro atoms. The van der Waals surface area contributed by atoms with Crippen LogP contribution in [-0.4, -0.2) is 24.6 Å². The van der Waals surface area contributed by atoms with Crippen molar-refractivity contribution < 1.29 is 19.1 Å². The van der Waals surface area contributed by atoms with Crippen molar-refractivity contribution in [2.45, 2.75) is 44.9 Å². The van der Waals surface area contributed by atoms with Crippen LogP contribution in [0.1, 0.15) is 44.9 Å². The minimum absolute atomic E-state index is 0.0114. The van der Waals surface area contributed by atoms with Crippen LogP contribution in [0.4, 0.5) is 0 Å². The van der Waals surface area contributed by atoms with E-state index in [4.69, 9.17) is 4.74 Å². The Hall–Kier alpha value is -1.45. The number of Topliss-reactive ketones (excluding diaryl/α,β-unsaturated/α-hetero) is 1. The van der Waals surface area contributed by atoms with Gasteiger partial charge in [-0.25, -0.2) is 0 Å². The predicted octanol–water partition coefficient (Wildman–Crippen LogP) is 2.21. The number of rotatable bonds is 8. The Morgan fingerprint density at radius 1 is 1.44 bits per heavy atom. The van der Waals surface area contributed by atoms with E-state index in [2.05, 4.69) is 6.58 Å². The third kappa shape index (κ3) is 3.28. The largest absolute Gasteiger partial charge is 0.461 e. The minimum Gasteiger partial charge on any atom is -0.461 e. The van der Waals surface area contributed by atoms with Gasteiger partial charge in [0.2, 0.25) is 0 Å². The Kier molecular flexibility index (Phi) is 5.75. The van der Waals surface area contributed by atoms with E-state index in [-0.39, 0.29) is 12.4 Å². The fourth-order valence-electron chi connectivity index (χ4n) is 2.44. The number of hydrogen-bond donors (Lipinski definition) is 0. The fraction of sp³-hybridized carbons (Fsp3) is 0.643. The van der Waals surface area contributed by atoms with Gasteiger partial charge in [0.15, 0.2) is 0 Å². The molecule has 0 heterocycles. The second-order valence-electron chi connectivity index (χ2n) is 4.66. The van der Waals surface area contributed by atoms with Crippen molar-refractivity contribution in [2.75, 3.05) is 6.61 Å². The lowest BCUT2D eigenvalue weighted by molar-refractivity contribution is -0.158. The molecule has 0 saturated heterocycles. The molecule has 0 aliphatic heterocycles. The van der Waals surface area contributed by atoms with Crippen LogP contribution in [0.5, 0.6) is 0 Å². The van der Waals surface area contributed by atoms with E-state index in [1.807, 2.05) is 0 Å². The Labute approximate surface area is 107 Å². The van der Waals surface area contributed by atoms with E-state index in [0.29, 0.717) is 38.5 Å². The minimum atomic E-state index is -0.952. The molecular weight excluding hydrogens is 232 g/mol. The van der Waals surface area contributed by atoms with E-state index in [9.17, 15) is 14.4 Å². The third-order valence-corrected chi connectivity index (χ3v) is 3.44. The van der Waals surface area contributed by atoms with Crippen LogP contribution in [0.2, 0.25) is 0 Å². The number of carbonyl (C=O) groups excluding carboxylic acids is 3. The first-order valence-corrected chi connectivity index (χ1v) is 6.42. The molecule has 0 aromatic rings. The summed E-state index contributed by atoms with van der Waals surface area (Å²) in [5.41, 5.74) is -0.952. The molecule has 0 bridgehead atoms. The third-order valence-electron chi connectivity index (χ3n) is 3.44. The molecule has 18 heavy (non-hydrogen) atoms. The molecule has 1 fully saturated rings.